The van der Waals surface area contributed by atoms with E-state index in [0.29, 0.717) is 16.8 Å². The molecule has 0 spiro atoms. The van der Waals surface area contributed by atoms with E-state index in [4.69, 9.17) is 27.7 Å². The van der Waals surface area contributed by atoms with E-state index in [-0.39, 0.29) is 81.8 Å². The molecule has 13 atom stereocenters. The lowest BCUT2D eigenvalue weighted by Crippen LogP contribution is -2.63. The molecule has 0 aliphatic rings. The van der Waals surface area contributed by atoms with Crippen LogP contribution in [0.3, 0.4) is 0 Å². The summed E-state index contributed by atoms with van der Waals surface area (Å²) in [4.78, 5) is 181. The van der Waals surface area contributed by atoms with Gasteiger partial charge in [-0.2, -0.15) is 0 Å². The van der Waals surface area contributed by atoms with E-state index in [1.807, 2.05) is 19.2 Å². The molecule has 34 heteroatoms. The highest BCUT2D eigenvalue weighted by Crippen LogP contribution is 2.17. The van der Waals surface area contributed by atoms with Crippen LogP contribution in [-0.2, 0) is 75.3 Å². The van der Waals surface area contributed by atoms with Crippen LogP contribution in [0, 0.1) is 29.6 Å². The van der Waals surface area contributed by atoms with Gasteiger partial charge in [-0.3, -0.25) is 57.7 Å². The fraction of sp³-hybridized carbons (Fsp3) is 0.606. The van der Waals surface area contributed by atoms with E-state index >= 15 is 0 Å². The van der Waals surface area contributed by atoms with Crippen LogP contribution in [0.1, 0.15) is 132 Å². The number of benzene rings is 2. The van der Waals surface area contributed by atoms with Gasteiger partial charge in [0.05, 0.1) is 31.8 Å². The zero-order chi connectivity index (χ0) is 75.7. The zero-order valence-electron chi connectivity index (χ0n) is 58.8. The van der Waals surface area contributed by atoms with Gasteiger partial charge in [0.1, 0.15) is 67.0 Å². The van der Waals surface area contributed by atoms with Crippen LogP contribution in [0.2, 0.25) is 0 Å². The van der Waals surface area contributed by atoms with Crippen molar-refractivity contribution < 1.29 is 87.5 Å². The van der Waals surface area contributed by atoms with E-state index in [9.17, 15) is 82.8 Å². The van der Waals surface area contributed by atoms with Crippen molar-refractivity contribution in [2.75, 3.05) is 25.4 Å². The number of ether oxygens (including phenoxy) is 1. The summed E-state index contributed by atoms with van der Waals surface area (Å²) < 4.78 is 5.40. The fourth-order valence-electron chi connectivity index (χ4n) is 9.97. The molecular formula is C66H106N16O18. The summed E-state index contributed by atoms with van der Waals surface area (Å²) in [7, 11) is 0. The van der Waals surface area contributed by atoms with Crippen LogP contribution in [-0.4, -0.2) is 196 Å². The maximum absolute atomic E-state index is 14.8. The first kappa shape index (κ1) is 86.4. The number of amides is 12. The summed E-state index contributed by atoms with van der Waals surface area (Å²) in [6, 6.07) is -0.401. The number of guanidine groups is 1. The van der Waals surface area contributed by atoms with Gasteiger partial charge >= 0.3 is 12.1 Å². The van der Waals surface area contributed by atoms with Crippen molar-refractivity contribution in [3.8, 4) is 0 Å². The summed E-state index contributed by atoms with van der Waals surface area (Å²) in [6.07, 6.45) is -5.06. The predicted octanol–water partition coefficient (Wildman–Crippen LogP) is -2.83. The van der Waals surface area contributed by atoms with Crippen molar-refractivity contribution in [3.05, 3.63) is 65.7 Å². The third-order valence-electron chi connectivity index (χ3n) is 15.5. The van der Waals surface area contributed by atoms with E-state index in [0.717, 1.165) is 6.92 Å². The fourth-order valence-corrected chi connectivity index (χ4v) is 9.97. The average Bonchev–Trinajstić information content (AvgIpc) is 0.839. The van der Waals surface area contributed by atoms with Gasteiger partial charge in [0, 0.05) is 18.7 Å². The number of nitrogens with one attached hydrogen (secondary N) is 11. The van der Waals surface area contributed by atoms with Crippen molar-refractivity contribution in [2.24, 2.45) is 51.8 Å². The zero-order valence-corrected chi connectivity index (χ0v) is 58.8. The molecule has 100 heavy (non-hydrogen) atoms. The number of aliphatic carboxylic acids is 1. The number of carboxylic acids is 1. The third kappa shape index (κ3) is 31.9. The number of aliphatic hydroxyl groups is 3. The van der Waals surface area contributed by atoms with Crippen LogP contribution in [0.15, 0.2) is 59.6 Å². The Balaban J connectivity index is 2.53. The number of hydrogen-bond donors (Lipinski definition) is 19. The van der Waals surface area contributed by atoms with Gasteiger partial charge in [0.25, 0.3) is 0 Å². The summed E-state index contributed by atoms with van der Waals surface area (Å²) in [5.41, 5.74) is 24.0. The molecular weight excluding hydrogens is 1300 g/mol. The number of carbonyl (C=O) groups excluding carboxylic acids is 12. The first-order valence-corrected chi connectivity index (χ1v) is 33.2. The molecule has 2 aromatic carbocycles. The molecule has 0 bridgehead atoms. The standard InChI is InChI=1S/C66H106N16O18/c1-12-37(10)51(62(95)81-52(38(11)84)61(94)72-30-50(86)73-47(29-49(68)85)59(92)78-48(31-83)64(97)98)80-55(88)42(22-17-23-71-65(69)70)74-56(89)44(25-34(4)5)77-63(96)53(54(87)36(8)9)82-60(93)46(28-40-20-16-21-41(67)27-40)76-57(90)43(24-33(2)3)75-58(91)45(26-35(6)7)79-66(99)100-32-39-18-14-13-15-19-39/h13-16,18-21,27,33-38,42-48,51-54,83-84,87H,12,17,22-26,28-32,67H2,1-11H3,(H2,68,85)(H,72,94)(H,73,86)(H,74,89)(H,75,91)(H,76,90)(H,77,96)(H,78,92)(H,79,99)(H,80,88)(H,81,95)(H,82,93)(H,97,98)(H4,69,70,71)/t37-,38+,42+,43-,44-,45+,46-,47-,48-,51-,52-,53-,54?/m0/s1. The second kappa shape index (κ2) is 43.6. The molecule has 0 saturated carbocycles. The number of anilines is 1. The first-order valence-electron chi connectivity index (χ1n) is 33.2. The van der Waals surface area contributed by atoms with Gasteiger partial charge in [-0.25, -0.2) is 9.59 Å². The Hall–Kier alpha value is -9.70. The van der Waals surface area contributed by atoms with Crippen molar-refractivity contribution in [1.82, 2.24) is 58.5 Å². The minimum Gasteiger partial charge on any atom is -0.480 e. The maximum atomic E-state index is 14.8. The average molecular weight is 1410 g/mol. The molecule has 23 N–H and O–H groups in total. The molecule has 12 amide bonds. The molecule has 558 valence electrons. The third-order valence-corrected chi connectivity index (χ3v) is 15.5. The SMILES string of the molecule is CC[C@H](C)[C@H](NC(=O)[C@@H](CCCN=C(N)N)NC(=O)[C@H](CC(C)C)NC(=O)[C@@H](NC(=O)[C@H](Cc1cccc(N)c1)NC(=O)[C@H](CC(C)C)NC(=O)[C@@H](CC(C)C)NC(=O)OCc1ccccc1)C(O)C(C)C)C(=O)N[C@H](C(=O)NCC(=O)N[C@@H](CC(N)=O)C(=O)N[C@@H](CO)C(=O)O)[C@@H](C)O. The quantitative estimate of drug-likeness (QED) is 0.0138. The largest absolute Gasteiger partial charge is 0.480 e. The summed E-state index contributed by atoms with van der Waals surface area (Å²) in [5.74, 6) is -15.1. The van der Waals surface area contributed by atoms with Gasteiger partial charge in [0.15, 0.2) is 5.96 Å². The smallest absolute Gasteiger partial charge is 0.408 e. The number of nitrogens with zero attached hydrogens (tertiary/aromatic N) is 1. The molecule has 0 fully saturated rings. The van der Waals surface area contributed by atoms with Gasteiger partial charge < -0.3 is 107 Å². The Labute approximate surface area is 582 Å². The number of hydrogen-bond acceptors (Lipinski definition) is 19. The molecule has 0 aliphatic heterocycles. The molecule has 34 nitrogen and oxygen atoms in total. The number of carbonyl (C=O) groups is 13. The van der Waals surface area contributed by atoms with Crippen molar-refractivity contribution in [1.29, 1.82) is 0 Å². The predicted molar refractivity (Wildman–Crippen MR) is 367 cm³/mol. The van der Waals surface area contributed by atoms with Crippen LogP contribution < -0.4 is 81.4 Å². The highest BCUT2D eigenvalue weighted by atomic mass is 16.5. The number of nitrogens with two attached hydrogens (primary N) is 4. The van der Waals surface area contributed by atoms with Crippen LogP contribution in [0.25, 0.3) is 0 Å². The summed E-state index contributed by atoms with van der Waals surface area (Å²) >= 11 is 0. The lowest BCUT2D eigenvalue weighted by atomic mass is 9.96. The molecule has 2 aromatic rings. The van der Waals surface area contributed by atoms with Crippen LogP contribution in [0.5, 0.6) is 0 Å². The second-order valence-corrected chi connectivity index (χ2v) is 26.2. The van der Waals surface area contributed by atoms with Crippen LogP contribution >= 0.6 is 0 Å². The van der Waals surface area contributed by atoms with Crippen LogP contribution in [0.4, 0.5) is 10.5 Å². The van der Waals surface area contributed by atoms with E-state index in [1.54, 1.807) is 110 Å². The van der Waals surface area contributed by atoms with Crippen molar-refractivity contribution >= 4 is 88.7 Å². The van der Waals surface area contributed by atoms with E-state index in [1.165, 1.54) is 0 Å². The monoisotopic (exact) mass is 1410 g/mol. The molecule has 0 radical (unpaired) electrons. The number of alkyl carbamates (subject to hydrolysis) is 1. The summed E-state index contributed by atoms with van der Waals surface area (Å²) in [5, 5.41) is 68.2. The number of primary amides is 1. The second-order valence-electron chi connectivity index (χ2n) is 26.2. The molecule has 0 saturated heterocycles. The highest BCUT2D eigenvalue weighted by Gasteiger charge is 2.40. The number of nitrogen functional groups attached to an aromatic ring is 1. The maximum Gasteiger partial charge on any atom is 0.408 e. The topological polar surface area (TPSA) is 561 Å². The Morgan fingerprint density at radius 3 is 1.49 bits per heavy atom. The normalized spacial score (nSPS) is 15.1. The van der Waals surface area contributed by atoms with Gasteiger partial charge in [-0.15, -0.1) is 0 Å². The number of aliphatic hydroxyl groups excluding tert-OH is 3. The Bertz CT molecular complexity index is 3090. The van der Waals surface area contributed by atoms with Crippen molar-refractivity contribution in [2.45, 2.75) is 207 Å². The van der Waals surface area contributed by atoms with Crippen molar-refractivity contribution in [3.63, 3.8) is 0 Å². The van der Waals surface area contributed by atoms with Gasteiger partial charge in [-0.1, -0.05) is 118 Å². The first-order chi connectivity index (χ1) is 46.9. The Morgan fingerprint density at radius 1 is 0.520 bits per heavy atom. The lowest BCUT2D eigenvalue weighted by Gasteiger charge is -2.31. The number of aliphatic imine (C=N–C) groups is 1. The van der Waals surface area contributed by atoms with Gasteiger partial charge in [-0.05, 0) is 91.9 Å². The molecule has 0 aliphatic carbocycles. The molecule has 0 aromatic heterocycles. The Morgan fingerprint density at radius 2 is 0.990 bits per heavy atom. The Kier molecular flexibility index (Phi) is 37.7. The molecule has 1 unspecified atom stereocenters. The lowest BCUT2D eigenvalue weighted by molar-refractivity contribution is -0.143. The van der Waals surface area contributed by atoms with E-state index < -0.39 is 181 Å². The number of rotatable bonds is 44. The number of carboxylic acid groups (broad SMARTS) is 1. The minimum absolute atomic E-state index is 0.0450. The van der Waals surface area contributed by atoms with E-state index in [2.05, 4.69) is 58.2 Å². The minimum atomic E-state index is -1.82. The molecule has 0 heterocycles. The molecule has 2 rings (SSSR count). The summed E-state index contributed by atoms with van der Waals surface area (Å²) in [6.45, 7) is 16.1. The van der Waals surface area contributed by atoms with Gasteiger partial charge in [0.2, 0.25) is 65.0 Å². The highest BCUT2D eigenvalue weighted by molar-refractivity contribution is 5.99.